The largest absolute Gasteiger partial charge is 0.462 e. The minimum absolute atomic E-state index is 0.130. The maximum absolute atomic E-state index is 12.2. The quantitative estimate of drug-likeness (QED) is 0.0717. The minimum atomic E-state index is -0.263. The Morgan fingerprint density at radius 2 is 0.861 bits per heavy atom. The van der Waals surface area contributed by atoms with Gasteiger partial charge in [-0.25, -0.2) is 0 Å². The van der Waals surface area contributed by atoms with Crippen LogP contribution in [0, 0.1) is 0 Å². The number of unbranched alkanes of at least 4 members (excludes halogenated alkanes) is 23. The summed E-state index contributed by atoms with van der Waals surface area (Å²) in [5, 5.41) is 0. The molecule has 0 bridgehead atoms. The third-order valence-electron chi connectivity index (χ3n) is 7.47. The molecule has 0 saturated carbocycles. The fourth-order valence-electron chi connectivity index (χ4n) is 5.04. The second kappa shape index (κ2) is 30.4. The van der Waals surface area contributed by atoms with E-state index in [-0.39, 0.29) is 18.5 Å². The van der Waals surface area contributed by atoms with E-state index < -0.39 is 0 Å². The molecular formula is C33H63O3. The molecule has 0 spiro atoms. The van der Waals surface area contributed by atoms with Gasteiger partial charge in [-0.1, -0.05) is 162 Å². The van der Waals surface area contributed by atoms with Crippen molar-refractivity contribution in [1.82, 2.24) is 0 Å². The zero-order chi connectivity index (χ0) is 26.4. The van der Waals surface area contributed by atoms with Crippen LogP contribution in [0.1, 0.15) is 194 Å². The maximum Gasteiger partial charge on any atom is 0.306 e. The number of esters is 1. The predicted molar refractivity (Wildman–Crippen MR) is 156 cm³/mol. The lowest BCUT2D eigenvalue weighted by molar-refractivity contribution is -0.149. The highest BCUT2D eigenvalue weighted by Gasteiger charge is 2.14. The van der Waals surface area contributed by atoms with Crippen LogP contribution in [0.3, 0.4) is 0 Å². The lowest BCUT2D eigenvalue weighted by atomic mass is 10.0. The van der Waals surface area contributed by atoms with E-state index in [1.54, 1.807) is 0 Å². The Morgan fingerprint density at radius 3 is 1.22 bits per heavy atom. The maximum atomic E-state index is 12.2. The third-order valence-corrected chi connectivity index (χ3v) is 7.47. The van der Waals surface area contributed by atoms with Gasteiger partial charge in [0, 0.05) is 6.42 Å². The van der Waals surface area contributed by atoms with Crippen molar-refractivity contribution < 1.29 is 14.3 Å². The summed E-state index contributed by atoms with van der Waals surface area (Å²) in [5.41, 5.74) is 0. The van der Waals surface area contributed by atoms with Gasteiger partial charge in [0.05, 0.1) is 6.42 Å². The van der Waals surface area contributed by atoms with Crippen molar-refractivity contribution in [2.24, 2.45) is 0 Å². The van der Waals surface area contributed by atoms with Crippen LogP contribution in [0.4, 0.5) is 0 Å². The van der Waals surface area contributed by atoms with Crippen molar-refractivity contribution in [3.05, 3.63) is 0 Å². The van der Waals surface area contributed by atoms with E-state index in [0.717, 1.165) is 32.1 Å². The summed E-state index contributed by atoms with van der Waals surface area (Å²) in [5.74, 6) is -0.130. The normalized spacial score (nSPS) is 12.1. The molecule has 0 aromatic rings. The molecule has 0 aromatic carbocycles. The zero-order valence-corrected chi connectivity index (χ0v) is 24.6. The first kappa shape index (κ1) is 35.1. The average Bonchev–Trinajstić information content (AvgIpc) is 2.87. The summed E-state index contributed by atoms with van der Waals surface area (Å²) in [7, 11) is 0. The number of rotatable bonds is 30. The molecule has 36 heavy (non-hydrogen) atoms. The fourth-order valence-corrected chi connectivity index (χ4v) is 5.04. The van der Waals surface area contributed by atoms with E-state index in [2.05, 4.69) is 13.8 Å². The third kappa shape index (κ3) is 27.7. The van der Waals surface area contributed by atoms with Crippen LogP contribution < -0.4 is 0 Å². The summed E-state index contributed by atoms with van der Waals surface area (Å²) in [6.45, 7) is 4.52. The molecule has 0 amide bonds. The van der Waals surface area contributed by atoms with Crippen molar-refractivity contribution >= 4 is 12.3 Å². The van der Waals surface area contributed by atoms with Crippen LogP contribution in [0.5, 0.6) is 0 Å². The molecule has 1 atom stereocenters. The molecule has 0 saturated heterocycles. The molecule has 1 unspecified atom stereocenters. The highest BCUT2D eigenvalue weighted by atomic mass is 16.5. The standard InChI is InChI=1S/C33H63O3/c1-3-5-7-9-11-12-13-14-15-16-17-18-19-20-21-23-25-27-29-33(35)36-32(30-31-34)28-26-24-22-10-8-6-4-2/h32H,3-30H2,1-2H3. The molecule has 0 rings (SSSR count). The van der Waals surface area contributed by atoms with Gasteiger partial charge < -0.3 is 4.74 Å². The van der Waals surface area contributed by atoms with E-state index in [4.69, 9.17) is 4.74 Å². The van der Waals surface area contributed by atoms with Gasteiger partial charge in [0.15, 0.2) is 0 Å². The summed E-state index contributed by atoms with van der Waals surface area (Å²) in [4.78, 5) is 23.0. The van der Waals surface area contributed by atoms with Gasteiger partial charge in [-0.15, -0.1) is 0 Å². The Hall–Kier alpha value is -0.860. The Morgan fingerprint density at radius 1 is 0.528 bits per heavy atom. The van der Waals surface area contributed by atoms with Gasteiger partial charge in [-0.05, 0) is 19.3 Å². The lowest BCUT2D eigenvalue weighted by Gasteiger charge is -2.15. The van der Waals surface area contributed by atoms with Crippen LogP contribution in [0.15, 0.2) is 0 Å². The van der Waals surface area contributed by atoms with Gasteiger partial charge in [0.1, 0.15) is 6.10 Å². The highest BCUT2D eigenvalue weighted by Crippen LogP contribution is 2.16. The number of ether oxygens (including phenoxy) is 1. The Bertz CT molecular complexity index is 448. The average molecular weight is 508 g/mol. The van der Waals surface area contributed by atoms with Crippen molar-refractivity contribution in [2.75, 3.05) is 0 Å². The molecule has 0 aliphatic rings. The Kier molecular flexibility index (Phi) is 29.6. The Balaban J connectivity index is 3.43. The second-order valence-electron chi connectivity index (χ2n) is 11.1. The van der Waals surface area contributed by atoms with Crippen LogP contribution in [-0.2, 0) is 14.3 Å². The first-order chi connectivity index (χ1) is 17.7. The predicted octanol–water partition coefficient (Wildman–Crippen LogP) is 11.0. The molecule has 1 radical (unpaired) electrons. The first-order valence-corrected chi connectivity index (χ1v) is 16.3. The molecule has 3 nitrogen and oxygen atoms in total. The van der Waals surface area contributed by atoms with Crippen molar-refractivity contribution in [1.29, 1.82) is 0 Å². The molecule has 0 fully saturated rings. The molecule has 3 heteroatoms. The van der Waals surface area contributed by atoms with E-state index in [0.29, 0.717) is 6.42 Å². The summed E-state index contributed by atoms with van der Waals surface area (Å²) in [6.07, 6.45) is 36.1. The van der Waals surface area contributed by atoms with Gasteiger partial charge in [-0.2, -0.15) is 0 Å². The van der Waals surface area contributed by atoms with Crippen LogP contribution in [0.25, 0.3) is 0 Å². The number of hydrogen-bond acceptors (Lipinski definition) is 3. The van der Waals surface area contributed by atoms with Crippen molar-refractivity contribution in [2.45, 2.75) is 200 Å². The summed E-state index contributed by atoms with van der Waals surface area (Å²) < 4.78 is 5.57. The monoisotopic (exact) mass is 507 g/mol. The summed E-state index contributed by atoms with van der Waals surface area (Å²) >= 11 is 0. The summed E-state index contributed by atoms with van der Waals surface area (Å²) in [6, 6.07) is 0. The molecule has 0 heterocycles. The topological polar surface area (TPSA) is 43.4 Å². The molecule has 0 aliphatic carbocycles. The molecule has 0 aliphatic heterocycles. The lowest BCUT2D eigenvalue weighted by Crippen LogP contribution is -2.18. The highest BCUT2D eigenvalue weighted by molar-refractivity contribution is 5.69. The zero-order valence-electron chi connectivity index (χ0n) is 24.6. The van der Waals surface area contributed by atoms with Crippen LogP contribution in [-0.4, -0.2) is 18.4 Å². The van der Waals surface area contributed by atoms with Gasteiger partial charge in [0.25, 0.3) is 0 Å². The smallest absolute Gasteiger partial charge is 0.306 e. The molecule has 0 aromatic heterocycles. The van der Waals surface area contributed by atoms with E-state index in [1.165, 1.54) is 135 Å². The van der Waals surface area contributed by atoms with Gasteiger partial charge >= 0.3 is 5.97 Å². The van der Waals surface area contributed by atoms with E-state index in [1.807, 2.05) is 6.29 Å². The van der Waals surface area contributed by atoms with Crippen LogP contribution in [0.2, 0.25) is 0 Å². The second-order valence-corrected chi connectivity index (χ2v) is 11.1. The minimum Gasteiger partial charge on any atom is -0.462 e. The van der Waals surface area contributed by atoms with Gasteiger partial charge in [-0.3, -0.25) is 9.59 Å². The molecular weight excluding hydrogens is 444 g/mol. The van der Waals surface area contributed by atoms with Crippen molar-refractivity contribution in [3.8, 4) is 0 Å². The number of hydrogen-bond donors (Lipinski definition) is 0. The van der Waals surface area contributed by atoms with E-state index in [9.17, 15) is 9.59 Å². The SMILES string of the molecule is CCCCCCCCCCCCCCCCCCCCC(=O)OC(C[C]=O)CCCCCCCCC. The molecule has 0 N–H and O–H groups in total. The number of carbonyl (C=O) groups excluding carboxylic acids is 2. The van der Waals surface area contributed by atoms with Crippen molar-refractivity contribution in [3.63, 3.8) is 0 Å². The van der Waals surface area contributed by atoms with E-state index >= 15 is 0 Å². The first-order valence-electron chi connectivity index (χ1n) is 16.3. The molecule has 213 valence electrons. The van der Waals surface area contributed by atoms with Crippen LogP contribution >= 0.6 is 0 Å². The fraction of sp³-hybridized carbons (Fsp3) is 0.939. The van der Waals surface area contributed by atoms with Gasteiger partial charge in [0.2, 0.25) is 6.29 Å². The number of carbonyl (C=O) groups is 1. The Labute approximate surface area is 226 Å².